The van der Waals surface area contributed by atoms with Crippen molar-refractivity contribution in [1.82, 2.24) is 0 Å². The maximum Gasteiger partial charge on any atom is 0.316 e. The van der Waals surface area contributed by atoms with Gasteiger partial charge in [0, 0.05) is 5.56 Å². The number of hydrogen-bond acceptors (Lipinski definition) is 3. The quantitative estimate of drug-likeness (QED) is 0.723. The lowest BCUT2D eigenvalue weighted by Gasteiger charge is -2.05. The van der Waals surface area contributed by atoms with E-state index >= 15 is 0 Å². The lowest BCUT2D eigenvalue weighted by atomic mass is 10.0. The van der Waals surface area contributed by atoms with Gasteiger partial charge in [0.15, 0.2) is 0 Å². The van der Waals surface area contributed by atoms with Crippen molar-refractivity contribution in [2.24, 2.45) is 0 Å². The Balaban J connectivity index is 2.40. The molecule has 0 aromatic heterocycles. The van der Waals surface area contributed by atoms with Crippen LogP contribution in [0.1, 0.15) is 11.5 Å². The van der Waals surface area contributed by atoms with Crippen LogP contribution in [0.2, 0.25) is 0 Å². The number of rotatable bonds is 1. The van der Waals surface area contributed by atoms with Gasteiger partial charge in [-0.05, 0) is 22.0 Å². The number of methoxy groups -OCH3 is 1. The second-order valence-electron chi connectivity index (χ2n) is 3.04. The summed E-state index contributed by atoms with van der Waals surface area (Å²) in [5.41, 5.74) is 0.895. The minimum atomic E-state index is -0.285. The van der Waals surface area contributed by atoms with Crippen molar-refractivity contribution in [3.8, 4) is 5.75 Å². The van der Waals surface area contributed by atoms with Crippen molar-refractivity contribution >= 4 is 21.9 Å². The van der Waals surface area contributed by atoms with Crippen LogP contribution in [0.5, 0.6) is 5.75 Å². The molecule has 0 aliphatic carbocycles. The zero-order chi connectivity index (χ0) is 10.1. The smallest absolute Gasteiger partial charge is 0.316 e. The van der Waals surface area contributed by atoms with E-state index in [2.05, 4.69) is 15.9 Å². The second kappa shape index (κ2) is 3.61. The maximum absolute atomic E-state index is 11.4. The van der Waals surface area contributed by atoms with Gasteiger partial charge in [-0.15, -0.1) is 0 Å². The van der Waals surface area contributed by atoms with Gasteiger partial charge in [-0.25, -0.2) is 0 Å². The average molecular weight is 257 g/mol. The highest BCUT2D eigenvalue weighted by Crippen LogP contribution is 2.39. The van der Waals surface area contributed by atoms with Gasteiger partial charge in [-0.2, -0.15) is 0 Å². The number of benzene rings is 1. The molecule has 1 atom stereocenters. The molecule has 0 N–H and O–H groups in total. The van der Waals surface area contributed by atoms with Gasteiger partial charge in [0.05, 0.1) is 11.6 Å². The van der Waals surface area contributed by atoms with Crippen LogP contribution in [0.15, 0.2) is 22.7 Å². The molecule has 74 valence electrons. The number of hydrogen-bond donors (Lipinski definition) is 0. The Labute approximate surface area is 90.1 Å². The molecule has 0 saturated carbocycles. The SMILES string of the molecule is COC(=O)C1COc2c(Br)cccc21. The molecular formula is C10H9BrO3. The van der Waals surface area contributed by atoms with Crippen LogP contribution >= 0.6 is 15.9 Å². The Kier molecular flexibility index (Phi) is 2.46. The Morgan fingerprint density at radius 3 is 3.14 bits per heavy atom. The molecule has 4 heteroatoms. The molecule has 1 aromatic carbocycles. The van der Waals surface area contributed by atoms with E-state index in [-0.39, 0.29) is 11.9 Å². The molecule has 0 fully saturated rings. The van der Waals surface area contributed by atoms with Crippen LogP contribution in [-0.2, 0) is 9.53 Å². The third-order valence-electron chi connectivity index (χ3n) is 2.25. The molecule has 0 amide bonds. The first-order valence-corrected chi connectivity index (χ1v) is 5.02. The average Bonchev–Trinajstić information content (AvgIpc) is 2.62. The van der Waals surface area contributed by atoms with Gasteiger partial charge in [0.25, 0.3) is 0 Å². The van der Waals surface area contributed by atoms with E-state index in [4.69, 9.17) is 9.47 Å². The molecule has 3 nitrogen and oxygen atoms in total. The summed E-state index contributed by atoms with van der Waals surface area (Å²) in [6.45, 7) is 0.366. The van der Waals surface area contributed by atoms with Gasteiger partial charge in [-0.3, -0.25) is 4.79 Å². The lowest BCUT2D eigenvalue weighted by Crippen LogP contribution is -2.15. The summed E-state index contributed by atoms with van der Waals surface area (Å²) in [4.78, 5) is 11.4. The first-order valence-electron chi connectivity index (χ1n) is 4.23. The predicted octanol–water partition coefficient (Wildman–Crippen LogP) is 2.10. The maximum atomic E-state index is 11.4. The van der Waals surface area contributed by atoms with Gasteiger partial charge >= 0.3 is 5.97 Å². The van der Waals surface area contributed by atoms with Crippen LogP contribution in [0.25, 0.3) is 0 Å². The van der Waals surface area contributed by atoms with Crippen molar-refractivity contribution in [3.63, 3.8) is 0 Å². The van der Waals surface area contributed by atoms with Crippen LogP contribution in [0, 0.1) is 0 Å². The van der Waals surface area contributed by atoms with Crippen molar-refractivity contribution in [2.45, 2.75) is 5.92 Å². The Morgan fingerprint density at radius 2 is 2.43 bits per heavy atom. The van der Waals surface area contributed by atoms with E-state index in [1.807, 2.05) is 18.2 Å². The summed E-state index contributed by atoms with van der Waals surface area (Å²) in [5, 5.41) is 0. The number of fused-ring (bicyclic) bond motifs is 1. The fraction of sp³-hybridized carbons (Fsp3) is 0.300. The molecule has 1 aliphatic rings. The Bertz CT molecular complexity index is 376. The van der Waals surface area contributed by atoms with E-state index in [0.29, 0.717) is 6.61 Å². The zero-order valence-electron chi connectivity index (χ0n) is 7.62. The standard InChI is InChI=1S/C10H9BrO3/c1-13-10(12)7-5-14-9-6(7)3-2-4-8(9)11/h2-4,7H,5H2,1H3. The summed E-state index contributed by atoms with van der Waals surface area (Å²) in [7, 11) is 1.39. The second-order valence-corrected chi connectivity index (χ2v) is 3.90. The first kappa shape index (κ1) is 9.52. The molecule has 1 unspecified atom stereocenters. The molecule has 1 aromatic rings. The lowest BCUT2D eigenvalue weighted by molar-refractivity contribution is -0.142. The van der Waals surface area contributed by atoms with E-state index in [1.54, 1.807) is 0 Å². The van der Waals surface area contributed by atoms with Gasteiger partial charge in [0.1, 0.15) is 18.3 Å². The Morgan fingerprint density at radius 1 is 1.64 bits per heavy atom. The van der Waals surface area contributed by atoms with Gasteiger partial charge in [-0.1, -0.05) is 12.1 Å². The molecule has 0 radical (unpaired) electrons. The minimum absolute atomic E-state index is 0.248. The number of ether oxygens (including phenoxy) is 2. The van der Waals surface area contributed by atoms with Crippen LogP contribution < -0.4 is 4.74 Å². The fourth-order valence-corrected chi connectivity index (χ4v) is 2.04. The number of halogens is 1. The third-order valence-corrected chi connectivity index (χ3v) is 2.88. The molecule has 0 saturated heterocycles. The highest BCUT2D eigenvalue weighted by Gasteiger charge is 2.32. The predicted molar refractivity (Wildman–Crippen MR) is 54.4 cm³/mol. The normalized spacial score (nSPS) is 18.6. The molecule has 1 heterocycles. The summed E-state index contributed by atoms with van der Waals surface area (Å²) < 4.78 is 11.0. The van der Waals surface area contributed by atoms with Crippen LogP contribution in [-0.4, -0.2) is 19.7 Å². The van der Waals surface area contributed by atoms with Gasteiger partial charge in [0.2, 0.25) is 0 Å². The summed E-state index contributed by atoms with van der Waals surface area (Å²) >= 11 is 3.37. The van der Waals surface area contributed by atoms with Crippen LogP contribution in [0.3, 0.4) is 0 Å². The molecule has 0 spiro atoms. The molecule has 1 aliphatic heterocycles. The van der Waals surface area contributed by atoms with E-state index in [9.17, 15) is 4.79 Å². The summed E-state index contributed by atoms with van der Waals surface area (Å²) in [6.07, 6.45) is 0. The van der Waals surface area contributed by atoms with Crippen molar-refractivity contribution in [3.05, 3.63) is 28.2 Å². The molecule has 14 heavy (non-hydrogen) atoms. The number of para-hydroxylation sites is 1. The van der Waals surface area contributed by atoms with E-state index in [1.165, 1.54) is 7.11 Å². The highest BCUT2D eigenvalue weighted by molar-refractivity contribution is 9.10. The highest BCUT2D eigenvalue weighted by atomic mass is 79.9. The fourth-order valence-electron chi connectivity index (χ4n) is 1.55. The van der Waals surface area contributed by atoms with Crippen molar-refractivity contribution < 1.29 is 14.3 Å². The first-order chi connectivity index (χ1) is 6.74. The number of esters is 1. The van der Waals surface area contributed by atoms with Crippen molar-refractivity contribution in [2.75, 3.05) is 13.7 Å². The van der Waals surface area contributed by atoms with E-state index in [0.717, 1.165) is 15.8 Å². The molecular weight excluding hydrogens is 248 g/mol. The number of carbonyl (C=O) groups is 1. The Hall–Kier alpha value is -1.03. The van der Waals surface area contributed by atoms with Gasteiger partial charge < -0.3 is 9.47 Å². The number of carbonyl (C=O) groups excluding carboxylic acids is 1. The minimum Gasteiger partial charge on any atom is -0.491 e. The zero-order valence-corrected chi connectivity index (χ0v) is 9.21. The van der Waals surface area contributed by atoms with Crippen LogP contribution in [0.4, 0.5) is 0 Å². The summed E-state index contributed by atoms with van der Waals surface area (Å²) in [6, 6.07) is 5.65. The van der Waals surface area contributed by atoms with Crippen molar-refractivity contribution in [1.29, 1.82) is 0 Å². The third kappa shape index (κ3) is 1.39. The monoisotopic (exact) mass is 256 g/mol. The van der Waals surface area contributed by atoms with E-state index < -0.39 is 0 Å². The molecule has 2 rings (SSSR count). The summed E-state index contributed by atoms with van der Waals surface area (Å²) in [5.74, 6) is 0.220. The molecule has 0 bridgehead atoms. The largest absolute Gasteiger partial charge is 0.491 e. The topological polar surface area (TPSA) is 35.5 Å².